The first-order chi connectivity index (χ1) is 10.9. The molecule has 1 aliphatic heterocycles. The highest BCUT2D eigenvalue weighted by atomic mass is 32.3. The van der Waals surface area contributed by atoms with Gasteiger partial charge < -0.3 is 9.47 Å². The number of sulfonamides is 1. The molecule has 1 aromatic rings. The van der Waals surface area contributed by atoms with Gasteiger partial charge in [-0.05, 0) is 19.9 Å². The van der Waals surface area contributed by atoms with Gasteiger partial charge in [-0.25, -0.2) is 13.6 Å². The van der Waals surface area contributed by atoms with Crippen molar-refractivity contribution in [1.29, 1.82) is 0 Å². The van der Waals surface area contributed by atoms with Gasteiger partial charge in [0.2, 0.25) is 10.0 Å². The number of primary sulfonamides is 1. The third kappa shape index (κ3) is 6.55. The Morgan fingerprint density at radius 2 is 2.09 bits per heavy atom. The summed E-state index contributed by atoms with van der Waals surface area (Å²) in [7, 11) is -3.68. The molecule has 130 valence electrons. The molecule has 7 heteroatoms. The smallest absolute Gasteiger partial charge is 0.243 e. The molecule has 0 spiro atoms. The van der Waals surface area contributed by atoms with Gasteiger partial charge in [0.25, 0.3) is 0 Å². The molecule has 2 N–H and O–H groups in total. The SMILES string of the molecule is C/C=C(\SC(C)c1ccccc1OCC1CO1)S(N)(=O)=O.CC. The summed E-state index contributed by atoms with van der Waals surface area (Å²) in [6.07, 6.45) is 1.69. The molecular formula is C16H25NO4S2. The van der Waals surface area contributed by atoms with Crippen molar-refractivity contribution < 1.29 is 17.9 Å². The maximum Gasteiger partial charge on any atom is 0.243 e. The normalized spacial score (nSPS) is 18.7. The summed E-state index contributed by atoms with van der Waals surface area (Å²) in [6.45, 7) is 8.84. The van der Waals surface area contributed by atoms with Crippen molar-refractivity contribution in [3.8, 4) is 5.75 Å². The lowest BCUT2D eigenvalue weighted by Gasteiger charge is -2.17. The van der Waals surface area contributed by atoms with Gasteiger partial charge in [-0.3, -0.25) is 0 Å². The molecule has 2 atom stereocenters. The van der Waals surface area contributed by atoms with Crippen molar-refractivity contribution in [2.75, 3.05) is 13.2 Å². The molecule has 0 aromatic heterocycles. The second-order valence-electron chi connectivity index (χ2n) is 4.72. The first kappa shape index (κ1) is 20.0. The summed E-state index contributed by atoms with van der Waals surface area (Å²) in [5, 5.41) is 5.10. The number of thioether (sulfide) groups is 1. The number of ether oxygens (including phenoxy) is 2. The van der Waals surface area contributed by atoms with Crippen LogP contribution in [-0.2, 0) is 14.8 Å². The van der Waals surface area contributed by atoms with Gasteiger partial charge in [0.05, 0.1) is 6.61 Å². The molecule has 0 bridgehead atoms. The van der Waals surface area contributed by atoms with Gasteiger partial charge in [-0.15, -0.1) is 11.8 Å². The lowest BCUT2D eigenvalue weighted by Crippen LogP contribution is -2.13. The zero-order valence-corrected chi connectivity index (χ0v) is 15.6. The summed E-state index contributed by atoms with van der Waals surface area (Å²) < 4.78 is 34.0. The topological polar surface area (TPSA) is 81.9 Å². The molecule has 2 unspecified atom stereocenters. The molecule has 0 saturated carbocycles. The molecule has 1 aliphatic rings. The highest BCUT2D eigenvalue weighted by Gasteiger charge is 2.24. The molecule has 2 rings (SSSR count). The molecule has 0 radical (unpaired) electrons. The van der Waals surface area contributed by atoms with E-state index < -0.39 is 10.0 Å². The Hall–Kier alpha value is -1.02. The number of allylic oxidation sites excluding steroid dienone is 1. The number of rotatable bonds is 7. The van der Waals surface area contributed by atoms with Crippen LogP contribution in [0, 0.1) is 0 Å². The van der Waals surface area contributed by atoms with E-state index in [9.17, 15) is 8.42 Å². The summed E-state index contributed by atoms with van der Waals surface area (Å²) in [6, 6.07) is 7.59. The van der Waals surface area contributed by atoms with Gasteiger partial charge in [0.15, 0.2) is 0 Å². The van der Waals surface area contributed by atoms with E-state index in [1.54, 1.807) is 6.92 Å². The van der Waals surface area contributed by atoms with Crippen LogP contribution in [0.4, 0.5) is 0 Å². The van der Waals surface area contributed by atoms with E-state index in [1.165, 1.54) is 17.8 Å². The van der Waals surface area contributed by atoms with Crippen LogP contribution in [0.2, 0.25) is 0 Å². The Bertz CT molecular complexity index is 625. The van der Waals surface area contributed by atoms with E-state index in [0.29, 0.717) is 6.61 Å². The van der Waals surface area contributed by atoms with Crippen molar-refractivity contribution in [3.05, 3.63) is 40.1 Å². The Morgan fingerprint density at radius 3 is 2.61 bits per heavy atom. The average Bonchev–Trinajstić information content (AvgIpc) is 3.35. The maximum absolute atomic E-state index is 11.5. The Labute approximate surface area is 143 Å². The van der Waals surface area contributed by atoms with Crippen molar-refractivity contribution in [3.63, 3.8) is 0 Å². The first-order valence-corrected chi connectivity index (χ1v) is 10.0. The highest BCUT2D eigenvalue weighted by Crippen LogP contribution is 2.39. The second-order valence-corrected chi connectivity index (χ2v) is 7.89. The maximum atomic E-state index is 11.5. The first-order valence-electron chi connectivity index (χ1n) is 7.61. The van der Waals surface area contributed by atoms with Crippen molar-refractivity contribution in [2.24, 2.45) is 5.14 Å². The number of hydrogen-bond donors (Lipinski definition) is 1. The number of epoxide rings is 1. The van der Waals surface area contributed by atoms with Crippen LogP contribution in [0.5, 0.6) is 5.75 Å². The fraction of sp³-hybridized carbons (Fsp3) is 0.500. The fourth-order valence-corrected chi connectivity index (χ4v) is 3.94. The lowest BCUT2D eigenvalue weighted by atomic mass is 10.1. The van der Waals surface area contributed by atoms with Gasteiger partial charge >= 0.3 is 0 Å². The molecule has 0 amide bonds. The minimum atomic E-state index is -3.68. The van der Waals surface area contributed by atoms with Gasteiger partial charge in [-0.1, -0.05) is 38.1 Å². The van der Waals surface area contributed by atoms with E-state index in [1.807, 2.05) is 45.0 Å². The standard InChI is InChI=1S/C14H19NO4S2.C2H6/c1-3-14(21(15,16)17)20-10(2)12-6-4-5-7-13(12)19-9-11-8-18-11;1-2/h3-7,10-11H,8-9H2,1-2H3,(H2,15,16,17);1-2H3/b14-3+;. The molecule has 1 fully saturated rings. The quantitative estimate of drug-likeness (QED) is 0.754. The second kappa shape index (κ2) is 9.32. The summed E-state index contributed by atoms with van der Waals surface area (Å²) >= 11 is 1.21. The largest absolute Gasteiger partial charge is 0.490 e. The Kier molecular flexibility index (Phi) is 8.11. The molecule has 23 heavy (non-hydrogen) atoms. The zero-order valence-electron chi connectivity index (χ0n) is 14.0. The fourth-order valence-electron chi connectivity index (χ4n) is 1.83. The van der Waals surface area contributed by atoms with Crippen molar-refractivity contribution in [1.82, 2.24) is 0 Å². The van der Waals surface area contributed by atoms with Crippen molar-refractivity contribution in [2.45, 2.75) is 39.0 Å². The minimum absolute atomic E-state index is 0.0918. The van der Waals surface area contributed by atoms with Crippen LogP contribution < -0.4 is 9.88 Å². The number of para-hydroxylation sites is 1. The van der Waals surface area contributed by atoms with Crippen LogP contribution in [0.3, 0.4) is 0 Å². The summed E-state index contributed by atoms with van der Waals surface area (Å²) in [5.74, 6) is 0.748. The Balaban J connectivity index is 0.00000127. The van der Waals surface area contributed by atoms with E-state index >= 15 is 0 Å². The zero-order chi connectivity index (χ0) is 17.5. The third-order valence-electron chi connectivity index (χ3n) is 2.99. The molecule has 0 aliphatic carbocycles. The van der Waals surface area contributed by atoms with Crippen LogP contribution in [0.15, 0.2) is 34.6 Å². The van der Waals surface area contributed by atoms with Crippen molar-refractivity contribution >= 4 is 21.8 Å². The molecule has 1 aromatic carbocycles. The molecular weight excluding hydrogens is 334 g/mol. The highest BCUT2D eigenvalue weighted by molar-refractivity contribution is 8.18. The number of benzene rings is 1. The van der Waals surface area contributed by atoms with Gasteiger partial charge in [0.1, 0.15) is 22.7 Å². The molecule has 1 saturated heterocycles. The summed E-state index contributed by atoms with van der Waals surface area (Å²) in [5.41, 5.74) is 0.936. The van der Waals surface area contributed by atoms with E-state index in [0.717, 1.165) is 17.9 Å². The van der Waals surface area contributed by atoms with E-state index in [-0.39, 0.29) is 15.6 Å². The number of hydrogen-bond acceptors (Lipinski definition) is 5. The van der Waals surface area contributed by atoms with Gasteiger partial charge in [-0.2, -0.15) is 0 Å². The lowest BCUT2D eigenvalue weighted by molar-refractivity contribution is 0.261. The third-order valence-corrected chi connectivity index (χ3v) is 5.85. The predicted octanol–water partition coefficient (Wildman–Crippen LogP) is 3.43. The average molecular weight is 360 g/mol. The Morgan fingerprint density at radius 1 is 1.48 bits per heavy atom. The minimum Gasteiger partial charge on any atom is -0.490 e. The van der Waals surface area contributed by atoms with Crippen LogP contribution >= 0.6 is 11.8 Å². The summed E-state index contributed by atoms with van der Waals surface area (Å²) in [4.78, 5) is 0. The van der Waals surface area contributed by atoms with E-state index in [2.05, 4.69) is 0 Å². The van der Waals surface area contributed by atoms with Crippen LogP contribution in [-0.4, -0.2) is 27.7 Å². The van der Waals surface area contributed by atoms with Gasteiger partial charge in [0, 0.05) is 10.8 Å². The molecule has 1 heterocycles. The van der Waals surface area contributed by atoms with Crippen LogP contribution in [0.1, 0.15) is 38.5 Å². The predicted molar refractivity (Wildman–Crippen MR) is 95.9 cm³/mol. The monoisotopic (exact) mass is 359 g/mol. The van der Waals surface area contributed by atoms with E-state index in [4.69, 9.17) is 14.6 Å². The number of nitrogens with two attached hydrogens (primary N) is 1. The molecule has 5 nitrogen and oxygen atoms in total. The van der Waals surface area contributed by atoms with Crippen LogP contribution in [0.25, 0.3) is 0 Å².